The number of carbonyl (C=O) groups is 1. The zero-order chi connectivity index (χ0) is 29.3. The van der Waals surface area contributed by atoms with Gasteiger partial charge in [-0.3, -0.25) is 4.79 Å². The van der Waals surface area contributed by atoms with E-state index in [-0.39, 0.29) is 17.2 Å². The molecule has 4 heterocycles. The van der Waals surface area contributed by atoms with Gasteiger partial charge < -0.3 is 24.6 Å². The number of carbonyl (C=O) groups excluding carboxylic acids is 1. The van der Waals surface area contributed by atoms with Crippen molar-refractivity contribution < 1.29 is 13.2 Å². The van der Waals surface area contributed by atoms with Gasteiger partial charge >= 0.3 is 0 Å². The molecule has 42 heavy (non-hydrogen) atoms. The smallest absolute Gasteiger partial charge is 0.225 e. The summed E-state index contributed by atoms with van der Waals surface area (Å²) in [6, 6.07) is 10.6. The first-order valence-corrected chi connectivity index (χ1v) is 17.4. The average Bonchev–Trinajstić information content (AvgIpc) is 3.45. The number of hydrogen-bond donors (Lipinski definition) is 1. The second-order valence-corrected chi connectivity index (χ2v) is 14.4. The Morgan fingerprint density at radius 2 is 1.69 bits per heavy atom. The SMILES string of the molecule is CCN1CCN(C(=O)[C@H]2CC[C@H](Nc3nccc(-n4ccc5c(N6CCC(S(C)(=O)=O)CC6)cccc54)n3)CC2)CC1. The molecule has 3 aromatic rings. The van der Waals surface area contributed by atoms with Gasteiger partial charge in [0, 0.05) is 81.0 Å². The molecule has 1 amide bonds. The maximum Gasteiger partial charge on any atom is 0.225 e. The van der Waals surface area contributed by atoms with Crippen LogP contribution in [0.4, 0.5) is 11.6 Å². The number of nitrogens with one attached hydrogen (secondary N) is 1. The first-order chi connectivity index (χ1) is 20.3. The maximum atomic E-state index is 13.1. The van der Waals surface area contributed by atoms with Crippen LogP contribution in [-0.4, -0.2) is 102 Å². The molecule has 2 aromatic heterocycles. The van der Waals surface area contributed by atoms with E-state index in [1.807, 2.05) is 12.3 Å². The molecule has 0 spiro atoms. The molecule has 1 aromatic carbocycles. The van der Waals surface area contributed by atoms with Crippen molar-refractivity contribution in [3.8, 4) is 5.82 Å². The Kier molecular flexibility index (Phi) is 8.40. The van der Waals surface area contributed by atoms with E-state index < -0.39 is 9.84 Å². The molecule has 1 saturated carbocycles. The molecular weight excluding hydrogens is 550 g/mol. The van der Waals surface area contributed by atoms with Crippen LogP contribution >= 0.6 is 0 Å². The number of piperazine rings is 1. The zero-order valence-corrected chi connectivity index (χ0v) is 25.6. The number of rotatable bonds is 7. The maximum absolute atomic E-state index is 13.1. The summed E-state index contributed by atoms with van der Waals surface area (Å²) in [5.41, 5.74) is 2.19. The highest BCUT2D eigenvalue weighted by molar-refractivity contribution is 7.91. The van der Waals surface area contributed by atoms with Gasteiger partial charge in [0.05, 0.1) is 10.8 Å². The van der Waals surface area contributed by atoms with Gasteiger partial charge in [0.2, 0.25) is 11.9 Å². The molecule has 10 nitrogen and oxygen atoms in total. The summed E-state index contributed by atoms with van der Waals surface area (Å²) in [6.07, 6.45) is 10.2. The second-order valence-electron chi connectivity index (χ2n) is 12.1. The third-order valence-corrected chi connectivity index (χ3v) is 11.2. The van der Waals surface area contributed by atoms with Crippen molar-refractivity contribution in [2.24, 2.45) is 5.92 Å². The minimum atomic E-state index is -3.00. The van der Waals surface area contributed by atoms with Gasteiger partial charge in [-0.1, -0.05) is 13.0 Å². The molecule has 3 aliphatic rings. The summed E-state index contributed by atoms with van der Waals surface area (Å²) >= 11 is 0. The predicted octanol–water partition coefficient (Wildman–Crippen LogP) is 3.57. The molecule has 3 fully saturated rings. The average molecular weight is 594 g/mol. The molecule has 226 valence electrons. The Hall–Kier alpha value is -3.18. The van der Waals surface area contributed by atoms with E-state index in [2.05, 4.69) is 60.8 Å². The molecule has 11 heteroatoms. The third-order valence-electron chi connectivity index (χ3n) is 9.53. The highest BCUT2D eigenvalue weighted by Crippen LogP contribution is 2.32. The molecule has 6 rings (SSSR count). The van der Waals surface area contributed by atoms with Crippen LogP contribution in [-0.2, 0) is 14.6 Å². The lowest BCUT2D eigenvalue weighted by molar-refractivity contribution is -0.138. The molecule has 0 unspecified atom stereocenters. The van der Waals surface area contributed by atoms with Crippen LogP contribution in [0, 0.1) is 5.92 Å². The molecule has 2 saturated heterocycles. The summed E-state index contributed by atoms with van der Waals surface area (Å²) < 4.78 is 26.1. The van der Waals surface area contributed by atoms with Gasteiger partial charge in [-0.15, -0.1) is 0 Å². The number of amides is 1. The first-order valence-electron chi connectivity index (χ1n) is 15.4. The summed E-state index contributed by atoms with van der Waals surface area (Å²) in [4.78, 5) is 29.3. The Balaban J connectivity index is 1.09. The van der Waals surface area contributed by atoms with Crippen molar-refractivity contribution in [1.82, 2.24) is 24.3 Å². The number of fused-ring (bicyclic) bond motifs is 1. The summed E-state index contributed by atoms with van der Waals surface area (Å²) in [5, 5.41) is 4.42. The van der Waals surface area contributed by atoms with E-state index in [9.17, 15) is 13.2 Å². The Morgan fingerprint density at radius 3 is 2.38 bits per heavy atom. The van der Waals surface area contributed by atoms with Crippen molar-refractivity contribution in [1.29, 1.82) is 0 Å². The minimum Gasteiger partial charge on any atom is -0.371 e. The van der Waals surface area contributed by atoms with E-state index in [0.717, 1.165) is 93.9 Å². The van der Waals surface area contributed by atoms with Crippen molar-refractivity contribution in [3.05, 3.63) is 42.7 Å². The van der Waals surface area contributed by atoms with Crippen molar-refractivity contribution in [2.45, 2.75) is 56.7 Å². The fourth-order valence-corrected chi connectivity index (χ4v) is 7.98. The number of piperidine rings is 1. The van der Waals surface area contributed by atoms with Gasteiger partial charge in [-0.25, -0.2) is 13.4 Å². The van der Waals surface area contributed by atoms with Crippen molar-refractivity contribution in [3.63, 3.8) is 0 Å². The van der Waals surface area contributed by atoms with Crippen molar-refractivity contribution >= 4 is 38.3 Å². The summed E-state index contributed by atoms with van der Waals surface area (Å²) in [6.45, 7) is 8.35. The second kappa shape index (κ2) is 12.2. The Morgan fingerprint density at radius 1 is 0.952 bits per heavy atom. The van der Waals surface area contributed by atoms with Gasteiger partial charge in [0.15, 0.2) is 0 Å². The highest BCUT2D eigenvalue weighted by Gasteiger charge is 2.31. The predicted molar refractivity (Wildman–Crippen MR) is 167 cm³/mol. The Bertz CT molecular complexity index is 1500. The van der Waals surface area contributed by atoms with Crippen LogP contribution in [0.25, 0.3) is 16.7 Å². The monoisotopic (exact) mass is 593 g/mol. The summed E-state index contributed by atoms with van der Waals surface area (Å²) in [7, 11) is -3.00. The first kappa shape index (κ1) is 28.9. The highest BCUT2D eigenvalue weighted by atomic mass is 32.2. The number of anilines is 2. The fourth-order valence-electron chi connectivity index (χ4n) is 6.91. The molecule has 2 aliphatic heterocycles. The molecular formula is C31H43N7O3S. The molecule has 0 atom stereocenters. The number of nitrogens with zero attached hydrogens (tertiary/aromatic N) is 6. The van der Waals surface area contributed by atoms with Crippen LogP contribution in [0.5, 0.6) is 0 Å². The van der Waals surface area contributed by atoms with Crippen LogP contribution in [0.1, 0.15) is 45.4 Å². The largest absolute Gasteiger partial charge is 0.371 e. The number of likely N-dealkylation sites (N-methyl/N-ethyl adjacent to an activating group) is 1. The normalized spacial score (nSPS) is 22.9. The van der Waals surface area contributed by atoms with E-state index in [1.54, 1.807) is 6.20 Å². The molecule has 0 bridgehead atoms. The third kappa shape index (κ3) is 6.13. The standard InChI is InChI=1S/C31H43N7O3S/c1-3-35-19-21-37(22-20-35)30(39)23-7-9-24(10-8-23)33-31-32-15-11-29(34-31)38-18-14-26-27(5-4-6-28(26)38)36-16-12-25(13-17-36)42(2,40)41/h4-6,11,14-15,18,23-25H,3,7-10,12-13,16-17,19-22H2,1-2H3,(H,32,33,34)/t23-,24-. The molecule has 1 aliphatic carbocycles. The van der Waals surface area contributed by atoms with E-state index >= 15 is 0 Å². The quantitative estimate of drug-likeness (QED) is 0.444. The molecule has 1 N–H and O–H groups in total. The summed E-state index contributed by atoms with van der Waals surface area (Å²) in [5.74, 6) is 1.87. The lowest BCUT2D eigenvalue weighted by atomic mass is 9.85. The molecule has 0 radical (unpaired) electrons. The van der Waals surface area contributed by atoms with E-state index in [1.165, 1.54) is 6.26 Å². The zero-order valence-electron chi connectivity index (χ0n) is 24.8. The fraction of sp³-hybridized carbons (Fsp3) is 0.581. The van der Waals surface area contributed by atoms with Crippen LogP contribution in [0.2, 0.25) is 0 Å². The lowest BCUT2D eigenvalue weighted by Crippen LogP contribution is -2.50. The van der Waals surface area contributed by atoms with Gasteiger partial charge in [0.25, 0.3) is 0 Å². The van der Waals surface area contributed by atoms with Gasteiger partial charge in [0.1, 0.15) is 15.7 Å². The lowest BCUT2D eigenvalue weighted by Gasteiger charge is -2.37. The number of aromatic nitrogens is 3. The van der Waals surface area contributed by atoms with Crippen LogP contribution in [0.15, 0.2) is 42.7 Å². The van der Waals surface area contributed by atoms with Gasteiger partial charge in [-0.2, -0.15) is 4.98 Å². The number of benzene rings is 1. The Labute approximate surface area is 249 Å². The van der Waals surface area contributed by atoms with E-state index in [4.69, 9.17) is 4.98 Å². The number of hydrogen-bond acceptors (Lipinski definition) is 8. The van der Waals surface area contributed by atoms with Gasteiger partial charge in [-0.05, 0) is 69.3 Å². The van der Waals surface area contributed by atoms with Crippen LogP contribution in [0.3, 0.4) is 0 Å². The van der Waals surface area contributed by atoms with E-state index in [0.29, 0.717) is 24.7 Å². The topological polar surface area (TPSA) is 104 Å². The van der Waals surface area contributed by atoms with Crippen molar-refractivity contribution in [2.75, 3.05) is 62.3 Å². The van der Waals surface area contributed by atoms with Crippen LogP contribution < -0.4 is 10.2 Å². The minimum absolute atomic E-state index is 0.126. The number of sulfone groups is 1.